The summed E-state index contributed by atoms with van der Waals surface area (Å²) in [6.07, 6.45) is 0.732. The molecule has 4 nitrogen and oxygen atoms in total. The van der Waals surface area contributed by atoms with E-state index in [1.54, 1.807) is 13.8 Å². The second kappa shape index (κ2) is 6.88. The highest BCUT2D eigenvalue weighted by Gasteiger charge is 2.15. The average Bonchev–Trinajstić information content (AvgIpc) is 2.47. The SMILES string of the molecule is CC(C)OC(=O)/C(CCc1cccc2ccccc12)=N\O. The van der Waals surface area contributed by atoms with Crippen molar-refractivity contribution in [2.24, 2.45) is 5.16 Å². The van der Waals surface area contributed by atoms with Crippen LogP contribution in [0, 0.1) is 0 Å². The van der Waals surface area contributed by atoms with E-state index in [4.69, 9.17) is 9.94 Å². The van der Waals surface area contributed by atoms with Crippen molar-refractivity contribution in [3.63, 3.8) is 0 Å². The van der Waals surface area contributed by atoms with E-state index < -0.39 is 5.97 Å². The van der Waals surface area contributed by atoms with Gasteiger partial charge in [0.05, 0.1) is 6.10 Å². The molecule has 0 saturated carbocycles. The van der Waals surface area contributed by atoms with Crippen molar-refractivity contribution in [1.29, 1.82) is 0 Å². The highest BCUT2D eigenvalue weighted by Crippen LogP contribution is 2.20. The second-order valence-electron chi connectivity index (χ2n) is 5.14. The van der Waals surface area contributed by atoms with Gasteiger partial charge in [-0.25, -0.2) is 4.79 Å². The first-order valence-corrected chi connectivity index (χ1v) is 7.00. The molecule has 0 atom stereocenters. The van der Waals surface area contributed by atoms with E-state index in [2.05, 4.69) is 5.16 Å². The summed E-state index contributed by atoms with van der Waals surface area (Å²) in [6, 6.07) is 14.1. The maximum Gasteiger partial charge on any atom is 0.356 e. The van der Waals surface area contributed by atoms with Crippen molar-refractivity contribution in [3.05, 3.63) is 48.0 Å². The Labute approximate surface area is 124 Å². The smallest absolute Gasteiger partial charge is 0.356 e. The van der Waals surface area contributed by atoms with E-state index in [9.17, 15) is 4.79 Å². The number of carbonyl (C=O) groups is 1. The van der Waals surface area contributed by atoms with Gasteiger partial charge in [-0.3, -0.25) is 0 Å². The van der Waals surface area contributed by atoms with Gasteiger partial charge < -0.3 is 9.94 Å². The number of oxime groups is 1. The number of ether oxygens (including phenoxy) is 1. The molecule has 0 amide bonds. The Balaban J connectivity index is 2.12. The molecule has 2 aromatic carbocycles. The topological polar surface area (TPSA) is 58.9 Å². The lowest BCUT2D eigenvalue weighted by Crippen LogP contribution is -2.21. The number of nitrogens with zero attached hydrogens (tertiary/aromatic N) is 1. The lowest BCUT2D eigenvalue weighted by atomic mass is 10.00. The Morgan fingerprint density at radius 2 is 1.90 bits per heavy atom. The van der Waals surface area contributed by atoms with Crippen LogP contribution in [0.1, 0.15) is 25.8 Å². The average molecular weight is 285 g/mol. The molecular formula is C17H19NO3. The summed E-state index contributed by atoms with van der Waals surface area (Å²) in [6.45, 7) is 3.52. The maximum absolute atomic E-state index is 11.8. The molecule has 2 rings (SSSR count). The standard InChI is InChI=1S/C17H19NO3/c1-12(2)21-17(19)16(18-20)11-10-14-8-5-7-13-6-3-4-9-15(13)14/h3-9,12,20H,10-11H2,1-2H3/b18-16-. The summed E-state index contributed by atoms with van der Waals surface area (Å²) in [5.74, 6) is -0.562. The summed E-state index contributed by atoms with van der Waals surface area (Å²) in [5.41, 5.74) is 1.17. The minimum atomic E-state index is -0.562. The van der Waals surface area contributed by atoms with Crippen LogP contribution in [0.5, 0.6) is 0 Å². The number of rotatable bonds is 5. The molecule has 0 heterocycles. The lowest BCUT2D eigenvalue weighted by molar-refractivity contribution is -0.139. The molecule has 0 saturated heterocycles. The van der Waals surface area contributed by atoms with Gasteiger partial charge in [0.25, 0.3) is 0 Å². The zero-order valence-electron chi connectivity index (χ0n) is 12.2. The minimum Gasteiger partial charge on any atom is -0.458 e. The molecule has 0 aliphatic carbocycles. The number of hydrogen-bond donors (Lipinski definition) is 1. The third-order valence-corrected chi connectivity index (χ3v) is 3.21. The molecule has 0 aromatic heterocycles. The maximum atomic E-state index is 11.8. The number of benzene rings is 2. The quantitative estimate of drug-likeness (QED) is 0.395. The van der Waals surface area contributed by atoms with Crippen molar-refractivity contribution in [1.82, 2.24) is 0 Å². The van der Waals surface area contributed by atoms with Crippen molar-refractivity contribution in [2.45, 2.75) is 32.8 Å². The van der Waals surface area contributed by atoms with Crippen LogP contribution >= 0.6 is 0 Å². The summed E-state index contributed by atoms with van der Waals surface area (Å²) in [5, 5.41) is 14.4. The first kappa shape index (κ1) is 15.0. The predicted molar refractivity (Wildman–Crippen MR) is 82.7 cm³/mol. The fourth-order valence-electron chi connectivity index (χ4n) is 2.24. The van der Waals surface area contributed by atoms with Crippen LogP contribution in [0.15, 0.2) is 47.6 Å². The van der Waals surface area contributed by atoms with Crippen molar-refractivity contribution < 1.29 is 14.7 Å². The van der Waals surface area contributed by atoms with Gasteiger partial charge in [-0.15, -0.1) is 0 Å². The monoisotopic (exact) mass is 285 g/mol. The molecule has 0 aliphatic rings. The molecule has 0 aliphatic heterocycles. The third-order valence-electron chi connectivity index (χ3n) is 3.21. The summed E-state index contributed by atoms with van der Waals surface area (Å²) < 4.78 is 5.05. The van der Waals surface area contributed by atoms with E-state index in [-0.39, 0.29) is 11.8 Å². The van der Waals surface area contributed by atoms with Gasteiger partial charge in [0.15, 0.2) is 5.71 Å². The summed E-state index contributed by atoms with van der Waals surface area (Å²) in [7, 11) is 0. The molecule has 110 valence electrons. The first-order valence-electron chi connectivity index (χ1n) is 7.00. The van der Waals surface area contributed by atoms with Gasteiger partial charge in [0.2, 0.25) is 0 Å². The highest BCUT2D eigenvalue weighted by molar-refractivity contribution is 6.36. The largest absolute Gasteiger partial charge is 0.458 e. The highest BCUT2D eigenvalue weighted by atomic mass is 16.5. The zero-order chi connectivity index (χ0) is 15.2. The molecule has 1 N–H and O–H groups in total. The Kier molecular flexibility index (Phi) is 4.93. The zero-order valence-corrected chi connectivity index (χ0v) is 12.2. The molecule has 2 aromatic rings. The molecule has 0 radical (unpaired) electrons. The van der Waals surface area contributed by atoms with E-state index >= 15 is 0 Å². The van der Waals surface area contributed by atoms with Crippen molar-refractivity contribution >= 4 is 22.5 Å². The van der Waals surface area contributed by atoms with Crippen molar-refractivity contribution in [3.8, 4) is 0 Å². The Morgan fingerprint density at radius 3 is 2.62 bits per heavy atom. The molecule has 0 fully saturated rings. The van der Waals surface area contributed by atoms with Crippen LogP contribution in [-0.4, -0.2) is 23.0 Å². The molecule has 21 heavy (non-hydrogen) atoms. The molecule has 4 heteroatoms. The fraction of sp³-hybridized carbons (Fsp3) is 0.294. The van der Waals surface area contributed by atoms with Crippen LogP contribution in [0.2, 0.25) is 0 Å². The van der Waals surface area contributed by atoms with Crippen LogP contribution in [-0.2, 0) is 16.0 Å². The van der Waals surface area contributed by atoms with Crippen LogP contribution in [0.3, 0.4) is 0 Å². The lowest BCUT2D eigenvalue weighted by Gasteiger charge is -2.10. The van der Waals surface area contributed by atoms with Gasteiger partial charge in [-0.2, -0.15) is 0 Å². The Morgan fingerprint density at radius 1 is 1.19 bits per heavy atom. The van der Waals surface area contributed by atoms with E-state index in [1.165, 1.54) is 0 Å². The van der Waals surface area contributed by atoms with Gasteiger partial charge in [-0.1, -0.05) is 47.6 Å². The molecule has 0 bridgehead atoms. The van der Waals surface area contributed by atoms with Crippen LogP contribution in [0.4, 0.5) is 0 Å². The van der Waals surface area contributed by atoms with Crippen LogP contribution in [0.25, 0.3) is 10.8 Å². The number of carbonyl (C=O) groups excluding carboxylic acids is 1. The van der Waals surface area contributed by atoms with E-state index in [0.717, 1.165) is 16.3 Å². The molecule has 0 spiro atoms. The number of fused-ring (bicyclic) bond motifs is 1. The predicted octanol–water partition coefficient (Wildman–Crippen LogP) is 3.55. The second-order valence-corrected chi connectivity index (χ2v) is 5.14. The molecule has 0 unspecified atom stereocenters. The third kappa shape index (κ3) is 3.81. The van der Waals surface area contributed by atoms with Crippen LogP contribution < -0.4 is 0 Å². The fourth-order valence-corrected chi connectivity index (χ4v) is 2.24. The Bertz CT molecular complexity index is 657. The number of aryl methyl sites for hydroxylation is 1. The minimum absolute atomic E-state index is 0.0524. The van der Waals surface area contributed by atoms with E-state index in [0.29, 0.717) is 12.8 Å². The summed E-state index contributed by atoms with van der Waals surface area (Å²) in [4.78, 5) is 11.8. The van der Waals surface area contributed by atoms with Gasteiger partial charge in [0, 0.05) is 6.42 Å². The van der Waals surface area contributed by atoms with E-state index in [1.807, 2.05) is 42.5 Å². The van der Waals surface area contributed by atoms with Crippen molar-refractivity contribution in [2.75, 3.05) is 0 Å². The van der Waals surface area contributed by atoms with Gasteiger partial charge in [0.1, 0.15) is 0 Å². The summed E-state index contributed by atoms with van der Waals surface area (Å²) >= 11 is 0. The molecular weight excluding hydrogens is 266 g/mol. The Hall–Kier alpha value is -2.36. The first-order chi connectivity index (χ1) is 10.1. The number of esters is 1. The number of hydrogen-bond acceptors (Lipinski definition) is 4. The van der Waals surface area contributed by atoms with Gasteiger partial charge >= 0.3 is 5.97 Å². The van der Waals surface area contributed by atoms with Gasteiger partial charge in [-0.05, 0) is 36.6 Å². The normalized spacial score (nSPS) is 11.9.